The minimum Gasteiger partial charge on any atom is -0.462 e. The topological polar surface area (TPSA) is 189 Å². The second-order valence-corrected chi connectivity index (χ2v) is 19.7. The predicted octanol–water partition coefficient (Wildman–Crippen LogP) is 4.88. The molecule has 352 valence electrons. The number of likely N-dealkylation sites (N-methyl/N-ethyl adjacent to an activating group) is 1. The zero-order valence-corrected chi connectivity index (χ0v) is 40.2. The number of hydrazine groups is 1. The van der Waals surface area contributed by atoms with Gasteiger partial charge in [-0.05, 0) is 81.7 Å². The van der Waals surface area contributed by atoms with Crippen molar-refractivity contribution in [1.82, 2.24) is 40.1 Å². The number of fused-ring (bicyclic) bond motifs is 6. The van der Waals surface area contributed by atoms with Crippen molar-refractivity contribution < 1.29 is 38.6 Å². The SMILES string of the molecule is CC#CC(=O)N1CC[C@H](C(=O)N(C)[C@H](C(=O)N[C@H]2Cc3nc(cs3)-c3ccc4c(c3)c(c(-c3cccnc3[C@H](C)OC)n4CC)CC(C)(C)COC(=O)[C@@]3(O)CCCN(N3)C2=O)C(C)C)C1. The number of nitrogens with zero attached hydrogens (tertiary/aromatic N) is 6. The van der Waals surface area contributed by atoms with Gasteiger partial charge in [-0.3, -0.25) is 29.2 Å². The Labute approximate surface area is 390 Å². The first kappa shape index (κ1) is 48.3. The summed E-state index contributed by atoms with van der Waals surface area (Å²) in [7, 11) is 3.23. The number of thiazole rings is 1. The van der Waals surface area contributed by atoms with Crippen LogP contribution in [0.2, 0.25) is 0 Å². The van der Waals surface area contributed by atoms with Crippen LogP contribution in [0.15, 0.2) is 41.9 Å². The number of benzene rings is 1. The molecule has 3 N–H and O–H groups in total. The van der Waals surface area contributed by atoms with Gasteiger partial charge in [0.25, 0.3) is 11.8 Å². The average molecular weight is 923 g/mol. The zero-order valence-electron chi connectivity index (χ0n) is 39.4. The molecule has 66 heavy (non-hydrogen) atoms. The van der Waals surface area contributed by atoms with E-state index in [1.165, 1.54) is 21.2 Å². The first-order valence-electron chi connectivity index (χ1n) is 22.8. The quantitative estimate of drug-likeness (QED) is 0.154. The Morgan fingerprint density at radius 2 is 1.94 bits per heavy atom. The molecule has 2 fully saturated rings. The predicted molar refractivity (Wildman–Crippen MR) is 250 cm³/mol. The van der Waals surface area contributed by atoms with Gasteiger partial charge in [-0.25, -0.2) is 9.78 Å². The number of esters is 1. The van der Waals surface area contributed by atoms with E-state index in [2.05, 4.69) is 52.3 Å². The number of ether oxygens (including phenoxy) is 2. The highest BCUT2D eigenvalue weighted by atomic mass is 32.1. The lowest BCUT2D eigenvalue weighted by Crippen LogP contribution is -2.67. The molecule has 1 aromatic carbocycles. The summed E-state index contributed by atoms with van der Waals surface area (Å²) in [4.78, 5) is 82.2. The minimum atomic E-state index is -2.23. The molecule has 0 saturated carbocycles. The van der Waals surface area contributed by atoms with Gasteiger partial charge in [-0.15, -0.1) is 11.3 Å². The second-order valence-electron chi connectivity index (χ2n) is 18.7. The van der Waals surface area contributed by atoms with Crippen molar-refractivity contribution in [3.63, 3.8) is 0 Å². The Hall–Kier alpha value is -5.67. The van der Waals surface area contributed by atoms with Crippen LogP contribution in [0.25, 0.3) is 33.4 Å². The normalized spacial score (nSPS) is 22.0. The number of nitrogens with one attached hydrogen (secondary N) is 2. The van der Waals surface area contributed by atoms with Crippen LogP contribution < -0.4 is 10.7 Å². The molecule has 6 bridgehead atoms. The van der Waals surface area contributed by atoms with Gasteiger partial charge in [0.2, 0.25) is 17.5 Å². The summed E-state index contributed by atoms with van der Waals surface area (Å²) in [5.74, 6) is 1.55. The summed E-state index contributed by atoms with van der Waals surface area (Å²) in [5, 5.41) is 19.5. The number of carbonyl (C=O) groups excluding carboxylic acids is 5. The second kappa shape index (κ2) is 19.7. The lowest BCUT2D eigenvalue weighted by molar-refractivity contribution is -0.189. The van der Waals surface area contributed by atoms with Crippen LogP contribution in [0, 0.1) is 29.1 Å². The molecule has 3 aliphatic heterocycles. The van der Waals surface area contributed by atoms with E-state index in [1.54, 1.807) is 32.2 Å². The van der Waals surface area contributed by atoms with Crippen molar-refractivity contribution in [2.24, 2.45) is 17.3 Å². The number of pyridine rings is 1. The highest BCUT2D eigenvalue weighted by molar-refractivity contribution is 7.10. The van der Waals surface area contributed by atoms with E-state index >= 15 is 0 Å². The standard InChI is InChI=1S/C49H62N8O8S/c1-10-14-40(58)55-22-18-32(26-55)45(60)54(8)42(29(3)4)44(59)52-36-24-39-51-37(27-66-39)31-16-17-38-34(23-31)35(43(56(38)11-2)33-15-12-20-50-41(33)30(5)64-9)25-48(6,7)28-65-47(62)49(63)19-13-21-57(53-49)46(36)61/h12,15-17,20,23,27,29-30,32,36,42,53,63H,11,13,18-19,21-22,24-26,28H2,1-9H3,(H,52,59)/t30-,32-,36-,42-,49-/m0/s1. The molecule has 16 nitrogen and oxygen atoms in total. The number of likely N-dealkylation sites (tertiary alicyclic amines) is 1. The largest absolute Gasteiger partial charge is 0.462 e. The van der Waals surface area contributed by atoms with Gasteiger partial charge in [0.05, 0.1) is 40.7 Å². The van der Waals surface area contributed by atoms with E-state index in [0.717, 1.165) is 39.0 Å². The maximum Gasteiger partial charge on any atom is 0.355 e. The molecule has 2 saturated heterocycles. The number of hydrogen-bond donors (Lipinski definition) is 3. The molecule has 4 amide bonds. The summed E-state index contributed by atoms with van der Waals surface area (Å²) < 4.78 is 14.0. The number of carbonyl (C=O) groups is 5. The molecule has 3 aromatic heterocycles. The van der Waals surface area contributed by atoms with Crippen LogP contribution in [0.3, 0.4) is 0 Å². The fraction of sp³-hybridized carbons (Fsp3) is 0.531. The lowest BCUT2D eigenvalue weighted by Gasteiger charge is -2.40. The summed E-state index contributed by atoms with van der Waals surface area (Å²) >= 11 is 1.35. The van der Waals surface area contributed by atoms with Crippen LogP contribution in [0.1, 0.15) is 90.1 Å². The Kier molecular flexibility index (Phi) is 14.4. The molecule has 0 spiro atoms. The summed E-state index contributed by atoms with van der Waals surface area (Å²) in [6, 6.07) is 8.05. The third kappa shape index (κ3) is 9.74. The van der Waals surface area contributed by atoms with Crippen LogP contribution in [0.4, 0.5) is 0 Å². The molecule has 6 heterocycles. The number of cyclic esters (lactones) is 1. The number of aromatic nitrogens is 3. The Morgan fingerprint density at radius 3 is 2.65 bits per heavy atom. The fourth-order valence-corrected chi connectivity index (χ4v) is 10.4. The first-order valence-corrected chi connectivity index (χ1v) is 23.6. The average Bonchev–Trinajstić information content (AvgIpc) is 4.05. The number of amides is 4. The summed E-state index contributed by atoms with van der Waals surface area (Å²) in [6.07, 6.45) is 2.63. The minimum absolute atomic E-state index is 0.0150. The van der Waals surface area contributed by atoms with Gasteiger partial charge < -0.3 is 34.3 Å². The third-order valence-electron chi connectivity index (χ3n) is 13.0. The van der Waals surface area contributed by atoms with Gasteiger partial charge in [0, 0.05) is 92.2 Å². The highest BCUT2D eigenvalue weighted by Crippen LogP contribution is 2.42. The number of aryl methyl sites for hydroxylation is 1. The molecular weight excluding hydrogens is 861 g/mol. The summed E-state index contributed by atoms with van der Waals surface area (Å²) in [6.45, 7) is 14.6. The number of methoxy groups -OCH3 is 1. The van der Waals surface area contributed by atoms with Crippen molar-refractivity contribution in [2.45, 2.75) is 111 Å². The molecule has 0 radical (unpaired) electrons. The van der Waals surface area contributed by atoms with Gasteiger partial charge in [0.15, 0.2) is 0 Å². The van der Waals surface area contributed by atoms with E-state index in [9.17, 15) is 29.1 Å². The van der Waals surface area contributed by atoms with Gasteiger partial charge in [0.1, 0.15) is 12.1 Å². The summed E-state index contributed by atoms with van der Waals surface area (Å²) in [5.41, 5.74) is 6.20. The maximum absolute atomic E-state index is 14.6. The smallest absolute Gasteiger partial charge is 0.355 e. The zero-order chi connectivity index (χ0) is 47.7. The fourth-order valence-electron chi connectivity index (χ4n) is 9.54. The van der Waals surface area contributed by atoms with Crippen molar-refractivity contribution in [3.05, 3.63) is 58.2 Å². The molecule has 4 aromatic rings. The van der Waals surface area contributed by atoms with Gasteiger partial charge >= 0.3 is 5.97 Å². The van der Waals surface area contributed by atoms with Crippen LogP contribution >= 0.6 is 11.3 Å². The van der Waals surface area contributed by atoms with E-state index in [0.29, 0.717) is 36.6 Å². The number of aliphatic hydroxyl groups is 1. The molecule has 17 heteroatoms. The molecular formula is C49H62N8O8S. The number of hydrogen-bond acceptors (Lipinski definition) is 12. The Bertz CT molecular complexity index is 2580. The van der Waals surface area contributed by atoms with Crippen LogP contribution in [-0.2, 0) is 52.8 Å². The lowest BCUT2D eigenvalue weighted by atomic mass is 9.84. The van der Waals surface area contributed by atoms with E-state index in [4.69, 9.17) is 19.4 Å². The molecule has 0 aliphatic carbocycles. The Balaban J connectivity index is 1.28. The van der Waals surface area contributed by atoms with E-state index in [1.807, 2.05) is 52.1 Å². The molecule has 5 atom stereocenters. The van der Waals surface area contributed by atoms with Crippen LogP contribution in [-0.4, -0.2) is 122 Å². The van der Waals surface area contributed by atoms with E-state index < -0.39 is 46.9 Å². The molecule has 0 unspecified atom stereocenters. The Morgan fingerprint density at radius 1 is 1.17 bits per heavy atom. The van der Waals surface area contributed by atoms with Crippen molar-refractivity contribution in [3.8, 4) is 34.4 Å². The number of rotatable bonds is 9. The van der Waals surface area contributed by atoms with Crippen molar-refractivity contribution >= 4 is 51.8 Å². The molecule has 3 aliphatic rings. The van der Waals surface area contributed by atoms with Gasteiger partial charge in [-0.2, -0.15) is 5.43 Å². The van der Waals surface area contributed by atoms with E-state index in [-0.39, 0.29) is 62.8 Å². The van der Waals surface area contributed by atoms with Crippen LogP contribution in [0.5, 0.6) is 0 Å². The highest BCUT2D eigenvalue weighted by Gasteiger charge is 2.46. The van der Waals surface area contributed by atoms with Crippen molar-refractivity contribution in [2.75, 3.05) is 40.4 Å². The first-order chi connectivity index (χ1) is 31.4. The van der Waals surface area contributed by atoms with Crippen molar-refractivity contribution in [1.29, 1.82) is 0 Å². The maximum atomic E-state index is 14.6. The van der Waals surface area contributed by atoms with Gasteiger partial charge in [-0.1, -0.05) is 39.7 Å². The molecule has 7 rings (SSSR count). The monoisotopic (exact) mass is 922 g/mol. The third-order valence-corrected chi connectivity index (χ3v) is 13.8.